The molecule has 23 heavy (non-hydrogen) atoms. The van der Waals surface area contributed by atoms with Gasteiger partial charge >= 0.3 is 5.97 Å². The van der Waals surface area contributed by atoms with Crippen LogP contribution in [-0.4, -0.2) is 23.2 Å². The average Bonchev–Trinajstić information content (AvgIpc) is 2.53. The second-order valence-electron chi connectivity index (χ2n) is 7.49. The molecular weight excluding hydrogens is 286 g/mol. The zero-order chi connectivity index (χ0) is 17.1. The lowest BCUT2D eigenvalue weighted by Crippen LogP contribution is -2.66. The molecule has 1 aromatic carbocycles. The first-order valence-corrected chi connectivity index (χ1v) is 8.84. The highest BCUT2D eigenvalue weighted by molar-refractivity contribution is 5.72. The van der Waals surface area contributed by atoms with Crippen molar-refractivity contribution < 1.29 is 9.53 Å². The van der Waals surface area contributed by atoms with Gasteiger partial charge in [0, 0.05) is 23.4 Å². The van der Waals surface area contributed by atoms with E-state index in [1.807, 2.05) is 30.3 Å². The van der Waals surface area contributed by atoms with Gasteiger partial charge in [0.1, 0.15) is 6.10 Å². The maximum Gasteiger partial charge on any atom is 0.310 e. The average molecular weight is 317 g/mol. The van der Waals surface area contributed by atoms with Crippen LogP contribution < -0.4 is 5.32 Å². The van der Waals surface area contributed by atoms with Crippen LogP contribution in [0.3, 0.4) is 0 Å². The number of esters is 1. The van der Waals surface area contributed by atoms with Gasteiger partial charge in [0.25, 0.3) is 0 Å². The summed E-state index contributed by atoms with van der Waals surface area (Å²) in [5.74, 6) is 0.179. The standard InChI is InChI=1S/C20H31NO2/c1-6-19(4)14-17(15(3)20(5,7-2)21-19)23-18(22)13-16-11-9-8-10-12-16/h8-12,15,17,21H,6-7,13-14H2,1-5H3. The van der Waals surface area contributed by atoms with E-state index >= 15 is 0 Å². The van der Waals surface area contributed by atoms with Crippen molar-refractivity contribution in [1.82, 2.24) is 5.32 Å². The third kappa shape index (κ3) is 4.14. The van der Waals surface area contributed by atoms with Crippen molar-refractivity contribution in [2.75, 3.05) is 0 Å². The minimum Gasteiger partial charge on any atom is -0.462 e. The summed E-state index contributed by atoms with van der Waals surface area (Å²) in [6.07, 6.45) is 3.25. The Labute approximate surface area is 140 Å². The Kier molecular flexibility index (Phi) is 5.51. The molecule has 2 rings (SSSR count). The Balaban J connectivity index is 2.09. The number of nitrogens with one attached hydrogen (secondary N) is 1. The Morgan fingerprint density at radius 3 is 2.43 bits per heavy atom. The van der Waals surface area contributed by atoms with E-state index in [0.717, 1.165) is 24.8 Å². The molecule has 0 bridgehead atoms. The van der Waals surface area contributed by atoms with Crippen molar-refractivity contribution in [3.05, 3.63) is 35.9 Å². The van der Waals surface area contributed by atoms with Crippen molar-refractivity contribution in [2.45, 2.75) is 77.5 Å². The summed E-state index contributed by atoms with van der Waals surface area (Å²) in [6, 6.07) is 9.82. The first-order chi connectivity index (χ1) is 10.8. The van der Waals surface area contributed by atoms with Gasteiger partial charge in [0.15, 0.2) is 0 Å². The molecule has 0 saturated carbocycles. The molecule has 4 atom stereocenters. The van der Waals surface area contributed by atoms with Crippen molar-refractivity contribution in [1.29, 1.82) is 0 Å². The van der Waals surface area contributed by atoms with Gasteiger partial charge in [-0.05, 0) is 32.3 Å². The Hall–Kier alpha value is -1.35. The third-order valence-electron chi connectivity index (χ3n) is 5.79. The second-order valence-corrected chi connectivity index (χ2v) is 7.49. The van der Waals surface area contributed by atoms with Crippen molar-refractivity contribution in [3.63, 3.8) is 0 Å². The van der Waals surface area contributed by atoms with Crippen LogP contribution in [0.2, 0.25) is 0 Å². The van der Waals surface area contributed by atoms with E-state index in [0.29, 0.717) is 12.3 Å². The lowest BCUT2D eigenvalue weighted by molar-refractivity contribution is -0.158. The quantitative estimate of drug-likeness (QED) is 0.831. The fraction of sp³-hybridized carbons (Fsp3) is 0.650. The molecule has 1 aromatic rings. The SMILES string of the molecule is CCC1(C)CC(OC(=O)Cc2ccccc2)C(C)C(C)(CC)N1. The van der Waals surface area contributed by atoms with Crippen LogP contribution in [0.25, 0.3) is 0 Å². The maximum atomic E-state index is 12.4. The van der Waals surface area contributed by atoms with Gasteiger partial charge in [-0.15, -0.1) is 0 Å². The van der Waals surface area contributed by atoms with Gasteiger partial charge in [-0.1, -0.05) is 51.1 Å². The Bertz CT molecular complexity index is 530. The summed E-state index contributed by atoms with van der Waals surface area (Å²) < 4.78 is 5.92. The van der Waals surface area contributed by atoms with Crippen LogP contribution in [-0.2, 0) is 16.0 Å². The van der Waals surface area contributed by atoms with Crippen molar-refractivity contribution in [3.8, 4) is 0 Å². The molecule has 3 heteroatoms. The molecule has 1 heterocycles. The Morgan fingerprint density at radius 1 is 1.22 bits per heavy atom. The minimum atomic E-state index is -0.119. The molecule has 1 aliphatic rings. The molecule has 1 N–H and O–H groups in total. The predicted octanol–water partition coefficient (Wildman–Crippen LogP) is 4.11. The molecule has 0 aromatic heterocycles. The predicted molar refractivity (Wildman–Crippen MR) is 94.3 cm³/mol. The van der Waals surface area contributed by atoms with Gasteiger partial charge in [-0.3, -0.25) is 4.79 Å². The molecule has 1 fully saturated rings. The molecule has 3 nitrogen and oxygen atoms in total. The van der Waals surface area contributed by atoms with E-state index < -0.39 is 0 Å². The van der Waals surface area contributed by atoms with E-state index in [1.165, 1.54) is 0 Å². The van der Waals surface area contributed by atoms with Crippen LogP contribution >= 0.6 is 0 Å². The van der Waals surface area contributed by atoms with Crippen LogP contribution in [0, 0.1) is 5.92 Å². The van der Waals surface area contributed by atoms with Crippen molar-refractivity contribution >= 4 is 5.97 Å². The highest BCUT2D eigenvalue weighted by Crippen LogP contribution is 2.38. The summed E-state index contributed by atoms with van der Waals surface area (Å²) in [6.45, 7) is 11.1. The van der Waals surface area contributed by atoms with E-state index in [2.05, 4.69) is 39.9 Å². The fourth-order valence-corrected chi connectivity index (χ4v) is 3.65. The molecular formula is C20H31NO2. The van der Waals surface area contributed by atoms with Gasteiger partial charge in [-0.2, -0.15) is 0 Å². The van der Waals surface area contributed by atoms with E-state index in [9.17, 15) is 4.79 Å². The fourth-order valence-electron chi connectivity index (χ4n) is 3.65. The molecule has 1 saturated heterocycles. The van der Waals surface area contributed by atoms with E-state index in [-0.39, 0.29) is 23.2 Å². The maximum absolute atomic E-state index is 12.4. The normalized spacial score (nSPS) is 34.1. The number of rotatable bonds is 5. The van der Waals surface area contributed by atoms with Crippen LogP contribution in [0.5, 0.6) is 0 Å². The molecule has 128 valence electrons. The highest BCUT2D eigenvalue weighted by atomic mass is 16.5. The number of benzene rings is 1. The monoisotopic (exact) mass is 317 g/mol. The van der Waals surface area contributed by atoms with Gasteiger partial charge < -0.3 is 10.1 Å². The zero-order valence-corrected chi connectivity index (χ0v) is 15.2. The topological polar surface area (TPSA) is 38.3 Å². The van der Waals surface area contributed by atoms with Crippen molar-refractivity contribution in [2.24, 2.45) is 5.92 Å². The lowest BCUT2D eigenvalue weighted by atomic mass is 9.70. The van der Waals surface area contributed by atoms with E-state index in [4.69, 9.17) is 4.74 Å². The molecule has 0 spiro atoms. The number of hydrogen-bond donors (Lipinski definition) is 1. The molecule has 0 radical (unpaired) electrons. The molecule has 1 aliphatic heterocycles. The smallest absolute Gasteiger partial charge is 0.310 e. The van der Waals surface area contributed by atoms with Crippen LogP contribution in [0.15, 0.2) is 30.3 Å². The number of ether oxygens (including phenoxy) is 1. The highest BCUT2D eigenvalue weighted by Gasteiger charge is 2.47. The first-order valence-electron chi connectivity index (χ1n) is 8.84. The summed E-state index contributed by atoms with van der Waals surface area (Å²) >= 11 is 0. The van der Waals surface area contributed by atoms with Crippen LogP contribution in [0.1, 0.15) is 59.4 Å². The summed E-state index contributed by atoms with van der Waals surface area (Å²) in [5, 5.41) is 3.82. The third-order valence-corrected chi connectivity index (χ3v) is 5.79. The van der Waals surface area contributed by atoms with Gasteiger partial charge in [0.2, 0.25) is 0 Å². The summed E-state index contributed by atoms with van der Waals surface area (Å²) in [4.78, 5) is 12.4. The number of hydrogen-bond acceptors (Lipinski definition) is 3. The van der Waals surface area contributed by atoms with Gasteiger partial charge in [-0.25, -0.2) is 0 Å². The Morgan fingerprint density at radius 2 is 1.87 bits per heavy atom. The van der Waals surface area contributed by atoms with Crippen LogP contribution in [0.4, 0.5) is 0 Å². The number of carbonyl (C=O) groups excluding carboxylic acids is 1. The summed E-state index contributed by atoms with van der Waals surface area (Å²) in [7, 11) is 0. The molecule has 4 unspecified atom stereocenters. The largest absolute Gasteiger partial charge is 0.462 e. The molecule has 0 aliphatic carbocycles. The molecule has 0 amide bonds. The zero-order valence-electron chi connectivity index (χ0n) is 15.2. The second kappa shape index (κ2) is 7.04. The van der Waals surface area contributed by atoms with E-state index in [1.54, 1.807) is 0 Å². The lowest BCUT2D eigenvalue weighted by Gasteiger charge is -2.52. The summed E-state index contributed by atoms with van der Waals surface area (Å²) in [5.41, 5.74) is 1.03. The van der Waals surface area contributed by atoms with Gasteiger partial charge in [0.05, 0.1) is 6.42 Å². The number of piperidine rings is 1. The minimum absolute atomic E-state index is 0.000698. The first kappa shape index (κ1) is 18.0. The number of carbonyl (C=O) groups is 1.